The zero-order chi connectivity index (χ0) is 13.2. The van der Waals surface area contributed by atoms with Crippen molar-refractivity contribution in [2.24, 2.45) is 11.8 Å². The maximum absolute atomic E-state index is 12.1. The molecular weight excluding hydrogens is 250 g/mol. The van der Waals surface area contributed by atoms with E-state index in [2.05, 4.69) is 12.2 Å². The monoisotopic (exact) mass is 271 g/mol. The SMILES string of the molecule is CC1CCCC(NC(=O)C2CCSC2)(C(=O)O)C1. The first-order chi connectivity index (χ1) is 8.53. The molecule has 1 aliphatic carbocycles. The average Bonchev–Trinajstić information content (AvgIpc) is 2.82. The Balaban J connectivity index is 2.05. The fraction of sp³-hybridized carbons (Fsp3) is 0.846. The zero-order valence-corrected chi connectivity index (χ0v) is 11.6. The second-order valence-corrected chi connectivity index (χ2v) is 6.79. The highest BCUT2D eigenvalue weighted by Gasteiger charge is 2.44. The van der Waals surface area contributed by atoms with Crippen LogP contribution in [-0.4, -0.2) is 34.0 Å². The molecule has 0 aromatic carbocycles. The summed E-state index contributed by atoms with van der Waals surface area (Å²) in [7, 11) is 0. The minimum Gasteiger partial charge on any atom is -0.480 e. The van der Waals surface area contributed by atoms with Gasteiger partial charge >= 0.3 is 5.97 Å². The number of thioether (sulfide) groups is 1. The largest absolute Gasteiger partial charge is 0.480 e. The van der Waals surface area contributed by atoms with Gasteiger partial charge in [-0.05, 0) is 30.9 Å². The molecule has 3 atom stereocenters. The highest BCUT2D eigenvalue weighted by atomic mass is 32.2. The van der Waals surface area contributed by atoms with Crippen molar-refractivity contribution in [3.05, 3.63) is 0 Å². The molecule has 1 heterocycles. The fourth-order valence-corrected chi connectivity index (χ4v) is 4.21. The molecule has 0 bridgehead atoms. The smallest absolute Gasteiger partial charge is 0.329 e. The topological polar surface area (TPSA) is 66.4 Å². The molecule has 2 fully saturated rings. The van der Waals surface area contributed by atoms with Crippen LogP contribution in [0.5, 0.6) is 0 Å². The lowest BCUT2D eigenvalue weighted by atomic mass is 9.76. The number of hydrogen-bond donors (Lipinski definition) is 2. The van der Waals surface area contributed by atoms with Crippen LogP contribution >= 0.6 is 11.8 Å². The number of carbonyl (C=O) groups is 2. The Labute approximate surface area is 112 Å². The van der Waals surface area contributed by atoms with Gasteiger partial charge in [0.2, 0.25) is 5.91 Å². The number of aliphatic carboxylic acids is 1. The number of carboxylic acid groups (broad SMARTS) is 1. The Morgan fingerprint density at radius 3 is 2.72 bits per heavy atom. The van der Waals surface area contributed by atoms with Gasteiger partial charge in [0.25, 0.3) is 0 Å². The average molecular weight is 271 g/mol. The van der Waals surface area contributed by atoms with Gasteiger partial charge in [-0.1, -0.05) is 19.8 Å². The Bertz CT molecular complexity index is 341. The molecule has 1 saturated heterocycles. The van der Waals surface area contributed by atoms with Gasteiger partial charge in [0, 0.05) is 11.7 Å². The first-order valence-electron chi connectivity index (χ1n) is 6.67. The molecule has 18 heavy (non-hydrogen) atoms. The van der Waals surface area contributed by atoms with Crippen LogP contribution in [0.2, 0.25) is 0 Å². The summed E-state index contributed by atoms with van der Waals surface area (Å²) in [6.07, 6.45) is 3.95. The number of rotatable bonds is 3. The first kappa shape index (κ1) is 13.7. The van der Waals surface area contributed by atoms with Crippen LogP contribution in [-0.2, 0) is 9.59 Å². The Morgan fingerprint density at radius 2 is 2.17 bits per heavy atom. The fourth-order valence-electron chi connectivity index (χ4n) is 2.99. The highest BCUT2D eigenvalue weighted by Crippen LogP contribution is 2.33. The Kier molecular flexibility index (Phi) is 4.20. The second-order valence-electron chi connectivity index (χ2n) is 5.64. The standard InChI is InChI=1S/C13H21NO3S/c1-9-3-2-5-13(7-9,12(16)17)14-11(15)10-4-6-18-8-10/h9-10H,2-8H2,1H3,(H,14,15)(H,16,17). The summed E-state index contributed by atoms with van der Waals surface area (Å²) < 4.78 is 0. The van der Waals surface area contributed by atoms with Crippen molar-refractivity contribution in [2.75, 3.05) is 11.5 Å². The quantitative estimate of drug-likeness (QED) is 0.822. The van der Waals surface area contributed by atoms with Crippen molar-refractivity contribution in [3.63, 3.8) is 0 Å². The highest BCUT2D eigenvalue weighted by molar-refractivity contribution is 7.99. The van der Waals surface area contributed by atoms with Crippen LogP contribution in [0.1, 0.15) is 39.0 Å². The maximum atomic E-state index is 12.1. The third kappa shape index (κ3) is 2.82. The van der Waals surface area contributed by atoms with Crippen molar-refractivity contribution >= 4 is 23.6 Å². The number of carbonyl (C=O) groups excluding carboxylic acids is 1. The minimum atomic E-state index is -1.01. The minimum absolute atomic E-state index is 0.00320. The van der Waals surface area contributed by atoms with Gasteiger partial charge in [-0.25, -0.2) is 4.79 Å². The van der Waals surface area contributed by atoms with Crippen LogP contribution in [0.4, 0.5) is 0 Å². The number of nitrogens with one attached hydrogen (secondary N) is 1. The van der Waals surface area contributed by atoms with Crippen molar-refractivity contribution in [1.82, 2.24) is 5.32 Å². The predicted octanol–water partition coefficient (Wildman–Crippen LogP) is 1.89. The van der Waals surface area contributed by atoms with E-state index in [4.69, 9.17) is 0 Å². The van der Waals surface area contributed by atoms with E-state index >= 15 is 0 Å². The summed E-state index contributed by atoms with van der Waals surface area (Å²) in [6.45, 7) is 2.06. The lowest BCUT2D eigenvalue weighted by Crippen LogP contribution is -2.58. The third-order valence-electron chi connectivity index (χ3n) is 4.07. The van der Waals surface area contributed by atoms with Crippen molar-refractivity contribution in [2.45, 2.75) is 44.6 Å². The molecule has 4 nitrogen and oxygen atoms in total. The van der Waals surface area contributed by atoms with E-state index in [0.717, 1.165) is 30.8 Å². The van der Waals surface area contributed by atoms with Gasteiger partial charge in [-0.2, -0.15) is 11.8 Å². The molecule has 0 aromatic rings. The van der Waals surface area contributed by atoms with Gasteiger partial charge in [0.1, 0.15) is 5.54 Å². The maximum Gasteiger partial charge on any atom is 0.329 e. The molecule has 5 heteroatoms. The summed E-state index contributed by atoms with van der Waals surface area (Å²) in [4.78, 5) is 23.7. The van der Waals surface area contributed by atoms with E-state index in [-0.39, 0.29) is 11.8 Å². The van der Waals surface area contributed by atoms with Crippen LogP contribution in [0.3, 0.4) is 0 Å². The molecule has 2 rings (SSSR count). The lowest BCUT2D eigenvalue weighted by molar-refractivity contribution is -0.150. The molecule has 0 spiro atoms. The molecule has 2 N–H and O–H groups in total. The van der Waals surface area contributed by atoms with Gasteiger partial charge < -0.3 is 10.4 Å². The van der Waals surface area contributed by atoms with Gasteiger partial charge in [0.05, 0.1) is 0 Å². The first-order valence-corrected chi connectivity index (χ1v) is 7.82. The summed E-state index contributed by atoms with van der Waals surface area (Å²) in [5.74, 6) is 1.28. The number of amides is 1. The lowest BCUT2D eigenvalue weighted by Gasteiger charge is -2.37. The summed E-state index contributed by atoms with van der Waals surface area (Å²) >= 11 is 1.77. The Morgan fingerprint density at radius 1 is 1.39 bits per heavy atom. The molecule has 102 valence electrons. The van der Waals surface area contributed by atoms with Gasteiger partial charge in [0.15, 0.2) is 0 Å². The van der Waals surface area contributed by atoms with Crippen LogP contribution in [0.25, 0.3) is 0 Å². The molecular formula is C13H21NO3S. The molecule has 0 aromatic heterocycles. The zero-order valence-electron chi connectivity index (χ0n) is 10.8. The van der Waals surface area contributed by atoms with E-state index in [0.29, 0.717) is 18.8 Å². The third-order valence-corrected chi connectivity index (χ3v) is 5.23. The molecule has 1 amide bonds. The van der Waals surface area contributed by atoms with Crippen LogP contribution < -0.4 is 5.32 Å². The number of carboxylic acids is 1. The molecule has 3 unspecified atom stereocenters. The summed E-state index contributed by atoms with van der Waals surface area (Å²) in [5, 5.41) is 12.3. The summed E-state index contributed by atoms with van der Waals surface area (Å²) in [6, 6.07) is 0. The van der Waals surface area contributed by atoms with E-state index in [1.54, 1.807) is 11.8 Å². The summed E-state index contributed by atoms with van der Waals surface area (Å²) in [5.41, 5.74) is -1.01. The van der Waals surface area contributed by atoms with E-state index in [1.807, 2.05) is 0 Å². The van der Waals surface area contributed by atoms with E-state index in [9.17, 15) is 14.7 Å². The van der Waals surface area contributed by atoms with Crippen molar-refractivity contribution in [3.8, 4) is 0 Å². The molecule has 1 aliphatic heterocycles. The van der Waals surface area contributed by atoms with Crippen LogP contribution in [0.15, 0.2) is 0 Å². The van der Waals surface area contributed by atoms with Crippen molar-refractivity contribution < 1.29 is 14.7 Å². The van der Waals surface area contributed by atoms with Gasteiger partial charge in [-0.3, -0.25) is 4.79 Å². The normalized spacial score (nSPS) is 36.3. The second kappa shape index (κ2) is 5.51. The molecule has 1 saturated carbocycles. The Hall–Kier alpha value is -0.710. The molecule has 0 radical (unpaired) electrons. The van der Waals surface area contributed by atoms with Gasteiger partial charge in [-0.15, -0.1) is 0 Å². The number of hydrogen-bond acceptors (Lipinski definition) is 3. The van der Waals surface area contributed by atoms with Crippen LogP contribution in [0, 0.1) is 11.8 Å². The van der Waals surface area contributed by atoms with Crippen molar-refractivity contribution in [1.29, 1.82) is 0 Å². The predicted molar refractivity (Wildman–Crippen MR) is 71.6 cm³/mol. The van der Waals surface area contributed by atoms with E-state index < -0.39 is 11.5 Å². The van der Waals surface area contributed by atoms with E-state index in [1.165, 1.54) is 0 Å². The molecule has 2 aliphatic rings.